The van der Waals surface area contributed by atoms with Gasteiger partial charge in [0.1, 0.15) is 11.5 Å². The molecule has 164 valence electrons. The first-order valence-corrected chi connectivity index (χ1v) is 10.3. The van der Waals surface area contributed by atoms with Crippen LogP contribution < -0.4 is 14.2 Å². The van der Waals surface area contributed by atoms with Crippen molar-refractivity contribution in [2.45, 2.75) is 19.0 Å². The number of hydrogen-bond acceptors (Lipinski definition) is 6. The summed E-state index contributed by atoms with van der Waals surface area (Å²) < 4.78 is 86.2. The maximum Gasteiger partial charge on any atom is 0.387 e. The fourth-order valence-corrected chi connectivity index (χ4v) is 3.69. The summed E-state index contributed by atoms with van der Waals surface area (Å²) in [6, 6.07) is 12.7. The van der Waals surface area contributed by atoms with Gasteiger partial charge < -0.3 is 9.47 Å². The predicted octanol–water partition coefficient (Wildman–Crippen LogP) is 4.29. The van der Waals surface area contributed by atoms with Crippen LogP contribution in [0.25, 0.3) is 11.3 Å². The zero-order valence-electron chi connectivity index (χ0n) is 15.6. The second-order valence-electron chi connectivity index (χ2n) is 6.03. The monoisotopic (exact) mass is 457 g/mol. The molecule has 7 nitrogen and oxygen atoms in total. The fourth-order valence-electron chi connectivity index (χ4n) is 2.61. The van der Waals surface area contributed by atoms with Gasteiger partial charge in [0.05, 0.1) is 11.4 Å². The molecule has 0 saturated heterocycles. The normalized spacial score (nSPS) is 11.5. The summed E-state index contributed by atoms with van der Waals surface area (Å²) in [5.74, 6) is -1.37. The number of alkyl halides is 4. The molecule has 0 aliphatic carbocycles. The van der Waals surface area contributed by atoms with Gasteiger partial charge in [-0.15, -0.1) is 0 Å². The van der Waals surface area contributed by atoms with E-state index in [0.29, 0.717) is 5.56 Å². The van der Waals surface area contributed by atoms with Gasteiger partial charge in [-0.2, -0.15) is 17.6 Å². The molecule has 0 unspecified atom stereocenters. The first kappa shape index (κ1) is 22.3. The highest BCUT2D eigenvalue weighted by molar-refractivity contribution is 7.91. The van der Waals surface area contributed by atoms with E-state index in [1.165, 1.54) is 12.3 Å². The highest BCUT2D eigenvalue weighted by Crippen LogP contribution is 2.34. The number of ether oxygens (including phenoxy) is 2. The standard InChI is InChI=1S/C19H15F4N3O4S/c20-17(21)29-13-6-7-16(30-18(22)23)14(10-13)15-8-9-24-19(25-15)26-31(27,28)11-12-4-2-1-3-5-12/h1-10,17-18H,11H2,(H,24,25,26). The number of aromatic nitrogens is 2. The topological polar surface area (TPSA) is 90.4 Å². The van der Waals surface area contributed by atoms with E-state index >= 15 is 0 Å². The number of rotatable bonds is 9. The Morgan fingerprint density at radius 1 is 0.935 bits per heavy atom. The number of nitrogens with zero attached hydrogens (tertiary/aromatic N) is 2. The summed E-state index contributed by atoms with van der Waals surface area (Å²) >= 11 is 0. The molecule has 0 amide bonds. The van der Waals surface area contributed by atoms with Crippen molar-refractivity contribution in [2.75, 3.05) is 4.72 Å². The van der Waals surface area contributed by atoms with Crippen molar-refractivity contribution in [1.29, 1.82) is 0 Å². The minimum atomic E-state index is -3.89. The van der Waals surface area contributed by atoms with Crippen LogP contribution in [0.15, 0.2) is 60.8 Å². The van der Waals surface area contributed by atoms with E-state index in [1.807, 2.05) is 0 Å². The van der Waals surface area contributed by atoms with Crippen LogP contribution in [-0.2, 0) is 15.8 Å². The summed E-state index contributed by atoms with van der Waals surface area (Å²) in [6.45, 7) is -6.33. The molecule has 0 saturated carbocycles. The van der Waals surface area contributed by atoms with Crippen LogP contribution in [0, 0.1) is 0 Å². The van der Waals surface area contributed by atoms with E-state index in [1.54, 1.807) is 30.3 Å². The van der Waals surface area contributed by atoms with Crippen molar-refractivity contribution < 1.29 is 35.5 Å². The third-order valence-electron chi connectivity index (χ3n) is 3.77. The molecule has 3 aromatic rings. The average Bonchev–Trinajstić information content (AvgIpc) is 2.68. The van der Waals surface area contributed by atoms with Crippen LogP contribution in [0.4, 0.5) is 23.5 Å². The van der Waals surface area contributed by atoms with Crippen molar-refractivity contribution in [3.05, 3.63) is 66.4 Å². The number of benzene rings is 2. The Bertz CT molecular complexity index is 1130. The number of hydrogen-bond donors (Lipinski definition) is 1. The molecular formula is C19H15F4N3O4S. The van der Waals surface area contributed by atoms with Crippen molar-refractivity contribution in [3.63, 3.8) is 0 Å². The molecule has 12 heteroatoms. The highest BCUT2D eigenvalue weighted by Gasteiger charge is 2.18. The zero-order chi connectivity index (χ0) is 22.4. The van der Waals surface area contributed by atoms with Crippen LogP contribution in [0.5, 0.6) is 11.5 Å². The second kappa shape index (κ2) is 9.60. The molecule has 0 spiro atoms. The van der Waals surface area contributed by atoms with E-state index in [9.17, 15) is 26.0 Å². The number of halogens is 4. The van der Waals surface area contributed by atoms with Crippen molar-refractivity contribution in [3.8, 4) is 22.8 Å². The number of nitrogens with one attached hydrogen (secondary N) is 1. The molecule has 0 bridgehead atoms. The van der Waals surface area contributed by atoms with Gasteiger partial charge in [-0.3, -0.25) is 4.72 Å². The number of anilines is 1. The SMILES string of the molecule is O=S(=O)(Cc1ccccc1)Nc1nccc(-c2cc(OC(F)F)ccc2OC(F)F)n1. The van der Waals surface area contributed by atoms with Gasteiger partial charge >= 0.3 is 13.2 Å². The lowest BCUT2D eigenvalue weighted by atomic mass is 10.1. The van der Waals surface area contributed by atoms with E-state index in [2.05, 4.69) is 24.2 Å². The van der Waals surface area contributed by atoms with Gasteiger partial charge in [-0.25, -0.2) is 18.4 Å². The van der Waals surface area contributed by atoms with E-state index in [-0.39, 0.29) is 34.5 Å². The Labute approximate surface area is 174 Å². The quantitative estimate of drug-likeness (QED) is 0.482. The van der Waals surface area contributed by atoms with E-state index in [4.69, 9.17) is 0 Å². The summed E-state index contributed by atoms with van der Waals surface area (Å²) in [5, 5.41) is 0. The minimum Gasteiger partial charge on any atom is -0.435 e. The molecule has 2 aromatic carbocycles. The zero-order valence-corrected chi connectivity index (χ0v) is 16.4. The summed E-state index contributed by atoms with van der Waals surface area (Å²) in [4.78, 5) is 7.80. The molecule has 0 radical (unpaired) electrons. The Balaban J connectivity index is 1.91. The first-order valence-electron chi connectivity index (χ1n) is 8.63. The third kappa shape index (κ3) is 6.54. The lowest BCUT2D eigenvalue weighted by Gasteiger charge is -2.13. The fraction of sp³-hybridized carbons (Fsp3) is 0.158. The molecule has 1 heterocycles. The third-order valence-corrected chi connectivity index (χ3v) is 4.98. The molecule has 31 heavy (non-hydrogen) atoms. The van der Waals surface area contributed by atoms with Crippen molar-refractivity contribution >= 4 is 16.0 Å². The summed E-state index contributed by atoms with van der Waals surface area (Å²) in [7, 11) is -3.89. The predicted molar refractivity (Wildman–Crippen MR) is 103 cm³/mol. The first-order chi connectivity index (χ1) is 14.7. The summed E-state index contributed by atoms with van der Waals surface area (Å²) in [5.41, 5.74) is 0.350. The van der Waals surface area contributed by atoms with Crippen LogP contribution >= 0.6 is 0 Å². The Morgan fingerprint density at radius 3 is 2.32 bits per heavy atom. The van der Waals surface area contributed by atoms with E-state index in [0.717, 1.165) is 18.2 Å². The smallest absolute Gasteiger partial charge is 0.387 e. The molecule has 0 aliphatic rings. The Hall–Kier alpha value is -3.41. The van der Waals surface area contributed by atoms with Crippen LogP contribution in [0.3, 0.4) is 0 Å². The van der Waals surface area contributed by atoms with Crippen molar-refractivity contribution in [2.24, 2.45) is 0 Å². The maximum atomic E-state index is 12.7. The van der Waals surface area contributed by atoms with Gasteiger partial charge in [0.25, 0.3) is 0 Å². The minimum absolute atomic E-state index is 0.0530. The molecule has 0 fully saturated rings. The maximum absolute atomic E-state index is 12.7. The van der Waals surface area contributed by atoms with Gasteiger partial charge in [-0.05, 0) is 29.8 Å². The average molecular weight is 457 g/mol. The Kier molecular flexibility index (Phi) is 6.90. The second-order valence-corrected chi connectivity index (χ2v) is 7.75. The van der Waals surface area contributed by atoms with Gasteiger partial charge in [0.15, 0.2) is 0 Å². The largest absolute Gasteiger partial charge is 0.435 e. The van der Waals surface area contributed by atoms with Crippen LogP contribution in [-0.4, -0.2) is 31.6 Å². The summed E-state index contributed by atoms with van der Waals surface area (Å²) in [6.07, 6.45) is 1.18. The molecule has 0 atom stereocenters. The Morgan fingerprint density at radius 2 is 1.65 bits per heavy atom. The molecule has 1 N–H and O–H groups in total. The van der Waals surface area contributed by atoms with E-state index < -0.39 is 23.2 Å². The van der Waals surface area contributed by atoms with Gasteiger partial charge in [0, 0.05) is 11.8 Å². The molecule has 1 aromatic heterocycles. The lowest BCUT2D eigenvalue weighted by Crippen LogP contribution is -2.17. The van der Waals surface area contributed by atoms with Gasteiger partial charge in [-0.1, -0.05) is 30.3 Å². The van der Waals surface area contributed by atoms with Crippen LogP contribution in [0.1, 0.15) is 5.56 Å². The van der Waals surface area contributed by atoms with Gasteiger partial charge in [0.2, 0.25) is 16.0 Å². The van der Waals surface area contributed by atoms with Crippen molar-refractivity contribution in [1.82, 2.24) is 9.97 Å². The number of sulfonamides is 1. The lowest BCUT2D eigenvalue weighted by molar-refractivity contribution is -0.0526. The van der Waals surface area contributed by atoms with Crippen LogP contribution in [0.2, 0.25) is 0 Å². The molecular weight excluding hydrogens is 442 g/mol. The molecule has 3 rings (SSSR count). The highest BCUT2D eigenvalue weighted by atomic mass is 32.2. The molecule has 0 aliphatic heterocycles.